The second-order valence-corrected chi connectivity index (χ2v) is 6.54. The Balaban J connectivity index is 0.00000261. The fourth-order valence-electron chi connectivity index (χ4n) is 3.33. The van der Waals surface area contributed by atoms with Crippen molar-refractivity contribution in [1.29, 1.82) is 0 Å². The van der Waals surface area contributed by atoms with Crippen LogP contribution in [-0.2, 0) is 10.3 Å². The zero-order valence-corrected chi connectivity index (χ0v) is 16.0. The molecule has 1 unspecified atom stereocenters. The van der Waals surface area contributed by atoms with Crippen LogP contribution in [0.15, 0.2) is 42.7 Å². The summed E-state index contributed by atoms with van der Waals surface area (Å²) < 4.78 is 1.77. The van der Waals surface area contributed by atoms with Crippen molar-refractivity contribution >= 4 is 30.0 Å². The highest BCUT2D eigenvalue weighted by molar-refractivity contribution is 5.88. The summed E-state index contributed by atoms with van der Waals surface area (Å²) in [7, 11) is 0. The standard InChI is InChI=1S/C18H24N6O2.ClH/c1-13(14-3-5-15(6-4-14)23-17(19)26)22-16(25)18(7-10-20-11-8-18)24-12-2-9-21-24;/h2-6,9,12-13,20H,7-8,10-11H2,1H3,(H,22,25)(H3,19,23,26);1H. The lowest BCUT2D eigenvalue weighted by molar-refractivity contribution is -0.132. The summed E-state index contributed by atoms with van der Waals surface area (Å²) in [5, 5.41) is 13.3. The average molecular weight is 393 g/mol. The van der Waals surface area contributed by atoms with Crippen LogP contribution in [-0.4, -0.2) is 34.8 Å². The van der Waals surface area contributed by atoms with E-state index in [1.807, 2.05) is 31.3 Å². The van der Waals surface area contributed by atoms with E-state index in [-0.39, 0.29) is 24.4 Å². The molecule has 27 heavy (non-hydrogen) atoms. The van der Waals surface area contributed by atoms with E-state index in [0.717, 1.165) is 18.7 Å². The van der Waals surface area contributed by atoms with Crippen molar-refractivity contribution in [3.8, 4) is 0 Å². The Kier molecular flexibility index (Phi) is 6.81. The zero-order chi connectivity index (χ0) is 18.6. The summed E-state index contributed by atoms with van der Waals surface area (Å²) in [6.07, 6.45) is 4.92. The van der Waals surface area contributed by atoms with Crippen LogP contribution in [0.4, 0.5) is 10.5 Å². The van der Waals surface area contributed by atoms with Crippen LogP contribution in [0.2, 0.25) is 0 Å². The topological polar surface area (TPSA) is 114 Å². The molecule has 3 amide bonds. The highest BCUT2D eigenvalue weighted by atomic mass is 35.5. The van der Waals surface area contributed by atoms with Crippen molar-refractivity contribution in [2.45, 2.75) is 31.3 Å². The summed E-state index contributed by atoms with van der Waals surface area (Å²) in [6.45, 7) is 3.48. The fourth-order valence-corrected chi connectivity index (χ4v) is 3.33. The molecule has 5 N–H and O–H groups in total. The van der Waals surface area contributed by atoms with Gasteiger partial charge in [-0.2, -0.15) is 5.10 Å². The number of hydrogen-bond donors (Lipinski definition) is 4. The van der Waals surface area contributed by atoms with E-state index in [4.69, 9.17) is 5.73 Å². The molecule has 1 aromatic heterocycles. The molecular formula is C18H25ClN6O2. The Bertz CT molecular complexity index is 757. The van der Waals surface area contributed by atoms with E-state index < -0.39 is 11.6 Å². The maximum Gasteiger partial charge on any atom is 0.316 e. The van der Waals surface area contributed by atoms with Gasteiger partial charge in [0.1, 0.15) is 5.54 Å². The molecule has 1 atom stereocenters. The summed E-state index contributed by atoms with van der Waals surface area (Å²) >= 11 is 0. The van der Waals surface area contributed by atoms with Crippen LogP contribution in [0, 0.1) is 0 Å². The molecule has 0 bridgehead atoms. The number of nitrogens with two attached hydrogens (primary N) is 1. The van der Waals surface area contributed by atoms with Gasteiger partial charge >= 0.3 is 6.03 Å². The third-order valence-corrected chi connectivity index (χ3v) is 4.82. The molecule has 1 fully saturated rings. The third kappa shape index (κ3) is 4.58. The lowest BCUT2D eigenvalue weighted by atomic mass is 9.87. The fraction of sp³-hybridized carbons (Fsp3) is 0.389. The van der Waals surface area contributed by atoms with Gasteiger partial charge in [0.05, 0.1) is 6.04 Å². The second-order valence-electron chi connectivity index (χ2n) is 6.54. The minimum atomic E-state index is -0.670. The van der Waals surface area contributed by atoms with Crippen molar-refractivity contribution < 1.29 is 9.59 Å². The van der Waals surface area contributed by atoms with Gasteiger partial charge in [-0.05, 0) is 56.6 Å². The number of nitrogens with one attached hydrogen (secondary N) is 3. The van der Waals surface area contributed by atoms with Gasteiger partial charge in [-0.15, -0.1) is 12.4 Å². The Morgan fingerprint density at radius 1 is 1.26 bits per heavy atom. The van der Waals surface area contributed by atoms with Crippen molar-refractivity contribution in [2.24, 2.45) is 5.73 Å². The number of benzene rings is 1. The number of anilines is 1. The van der Waals surface area contributed by atoms with Crippen molar-refractivity contribution in [3.05, 3.63) is 48.3 Å². The van der Waals surface area contributed by atoms with Crippen LogP contribution < -0.4 is 21.7 Å². The molecule has 0 spiro atoms. The van der Waals surface area contributed by atoms with Gasteiger partial charge in [0.25, 0.3) is 0 Å². The number of rotatable bonds is 5. The molecule has 1 aliphatic rings. The summed E-state index contributed by atoms with van der Waals surface area (Å²) in [4.78, 5) is 24.0. The Hall–Kier alpha value is -2.58. The number of halogens is 1. The number of piperidine rings is 1. The van der Waals surface area contributed by atoms with E-state index in [1.165, 1.54) is 0 Å². The van der Waals surface area contributed by atoms with E-state index >= 15 is 0 Å². The molecule has 146 valence electrons. The molecule has 0 aliphatic carbocycles. The summed E-state index contributed by atoms with van der Waals surface area (Å²) in [6, 6.07) is 8.30. The highest BCUT2D eigenvalue weighted by Crippen LogP contribution is 2.28. The highest BCUT2D eigenvalue weighted by Gasteiger charge is 2.42. The number of carbonyl (C=O) groups excluding carboxylic acids is 2. The van der Waals surface area contributed by atoms with Gasteiger partial charge in [0.2, 0.25) is 5.91 Å². The quantitative estimate of drug-likeness (QED) is 0.620. The van der Waals surface area contributed by atoms with Crippen molar-refractivity contribution in [2.75, 3.05) is 18.4 Å². The molecule has 0 radical (unpaired) electrons. The largest absolute Gasteiger partial charge is 0.351 e. The molecule has 1 aliphatic heterocycles. The first-order valence-corrected chi connectivity index (χ1v) is 8.69. The maximum atomic E-state index is 13.1. The number of aromatic nitrogens is 2. The smallest absolute Gasteiger partial charge is 0.316 e. The van der Waals surface area contributed by atoms with E-state index in [9.17, 15) is 9.59 Å². The molecule has 8 nitrogen and oxygen atoms in total. The molecule has 2 heterocycles. The molecule has 3 rings (SSSR count). The molecule has 1 saturated heterocycles. The van der Waals surface area contributed by atoms with Crippen molar-refractivity contribution in [1.82, 2.24) is 20.4 Å². The number of nitrogens with zero attached hydrogens (tertiary/aromatic N) is 2. The van der Waals surface area contributed by atoms with Crippen LogP contribution in [0.1, 0.15) is 31.4 Å². The molecule has 1 aromatic carbocycles. The Morgan fingerprint density at radius 3 is 2.48 bits per heavy atom. The zero-order valence-electron chi connectivity index (χ0n) is 15.1. The van der Waals surface area contributed by atoms with Crippen LogP contribution in [0.5, 0.6) is 0 Å². The number of carbonyl (C=O) groups is 2. The summed E-state index contributed by atoms with van der Waals surface area (Å²) in [5.41, 5.74) is 6.00. The van der Waals surface area contributed by atoms with Gasteiger partial charge in [0, 0.05) is 18.1 Å². The van der Waals surface area contributed by atoms with Gasteiger partial charge in [-0.25, -0.2) is 4.79 Å². The van der Waals surface area contributed by atoms with Gasteiger partial charge in [-0.1, -0.05) is 12.1 Å². The third-order valence-electron chi connectivity index (χ3n) is 4.82. The predicted molar refractivity (Wildman–Crippen MR) is 106 cm³/mol. The first kappa shape index (κ1) is 20.7. The average Bonchev–Trinajstić information content (AvgIpc) is 3.17. The van der Waals surface area contributed by atoms with E-state index in [0.29, 0.717) is 18.5 Å². The molecular weight excluding hydrogens is 368 g/mol. The van der Waals surface area contributed by atoms with Gasteiger partial charge < -0.3 is 21.7 Å². The van der Waals surface area contributed by atoms with E-state index in [2.05, 4.69) is 21.0 Å². The SMILES string of the molecule is CC(NC(=O)C1(n2cccn2)CCNCC1)c1ccc(NC(N)=O)cc1.Cl. The molecule has 0 saturated carbocycles. The minimum Gasteiger partial charge on any atom is -0.351 e. The normalized spacial score (nSPS) is 16.6. The minimum absolute atomic E-state index is 0. The number of primary amides is 1. The first-order chi connectivity index (χ1) is 12.5. The number of urea groups is 1. The number of amides is 3. The van der Waals surface area contributed by atoms with E-state index in [1.54, 1.807) is 23.0 Å². The van der Waals surface area contributed by atoms with Crippen LogP contribution in [0.25, 0.3) is 0 Å². The second kappa shape index (κ2) is 8.88. The monoisotopic (exact) mass is 392 g/mol. The van der Waals surface area contributed by atoms with Gasteiger partial charge in [0.15, 0.2) is 0 Å². The van der Waals surface area contributed by atoms with Crippen LogP contribution >= 0.6 is 12.4 Å². The van der Waals surface area contributed by atoms with Gasteiger partial charge in [-0.3, -0.25) is 9.48 Å². The summed E-state index contributed by atoms with van der Waals surface area (Å²) in [5.74, 6) is -0.0328. The Labute approximate surface area is 164 Å². The predicted octanol–water partition coefficient (Wildman–Crippen LogP) is 1.75. The molecule has 9 heteroatoms. The lowest BCUT2D eigenvalue weighted by Crippen LogP contribution is -2.55. The first-order valence-electron chi connectivity index (χ1n) is 8.69. The number of hydrogen-bond acceptors (Lipinski definition) is 4. The maximum absolute atomic E-state index is 13.1. The molecule has 2 aromatic rings. The van der Waals surface area contributed by atoms with Crippen molar-refractivity contribution in [3.63, 3.8) is 0 Å². The lowest BCUT2D eigenvalue weighted by Gasteiger charge is -2.37. The van der Waals surface area contributed by atoms with Crippen LogP contribution in [0.3, 0.4) is 0 Å². The Morgan fingerprint density at radius 2 is 1.93 bits per heavy atom.